The van der Waals surface area contributed by atoms with Crippen molar-refractivity contribution in [3.8, 4) is 0 Å². The Morgan fingerprint density at radius 1 is 1.47 bits per heavy atom. The highest BCUT2D eigenvalue weighted by Crippen LogP contribution is 2.17. The monoisotopic (exact) mass is 285 g/mol. The fourth-order valence-corrected chi connectivity index (χ4v) is 1.74. The van der Waals surface area contributed by atoms with Crippen LogP contribution in [-0.2, 0) is 4.74 Å². The zero-order valence-corrected chi connectivity index (χ0v) is 12.0. The van der Waals surface area contributed by atoms with E-state index in [-0.39, 0.29) is 5.91 Å². The van der Waals surface area contributed by atoms with Gasteiger partial charge in [-0.15, -0.1) is 0 Å². The summed E-state index contributed by atoms with van der Waals surface area (Å²) in [5.74, 6) is -0.186. The summed E-state index contributed by atoms with van der Waals surface area (Å²) in [6, 6.07) is 4.85. The van der Waals surface area contributed by atoms with Gasteiger partial charge in [0.15, 0.2) is 0 Å². The molecule has 3 N–H and O–H groups in total. The molecular weight excluding hydrogens is 266 g/mol. The van der Waals surface area contributed by atoms with Gasteiger partial charge in [0.05, 0.1) is 12.2 Å². The van der Waals surface area contributed by atoms with Crippen molar-refractivity contribution in [2.75, 3.05) is 46.1 Å². The van der Waals surface area contributed by atoms with E-state index in [0.717, 1.165) is 13.1 Å². The quantitative estimate of drug-likeness (QED) is 0.740. The SMILES string of the molecule is COCCN(C)CCNC(=O)c1ccc(Cl)cc1N. The maximum absolute atomic E-state index is 11.9. The van der Waals surface area contributed by atoms with E-state index in [1.54, 1.807) is 25.3 Å². The van der Waals surface area contributed by atoms with E-state index in [9.17, 15) is 4.79 Å². The number of likely N-dealkylation sites (N-methyl/N-ethyl adjacent to an activating group) is 1. The van der Waals surface area contributed by atoms with Crippen LogP contribution in [0.5, 0.6) is 0 Å². The van der Waals surface area contributed by atoms with Crippen molar-refractivity contribution < 1.29 is 9.53 Å². The Hall–Kier alpha value is -1.30. The molecule has 0 atom stereocenters. The number of ether oxygens (including phenoxy) is 1. The summed E-state index contributed by atoms with van der Waals surface area (Å²) >= 11 is 5.79. The molecule has 0 aliphatic heterocycles. The Morgan fingerprint density at radius 3 is 2.84 bits per heavy atom. The third kappa shape index (κ3) is 5.46. The third-order valence-electron chi connectivity index (χ3n) is 2.71. The minimum absolute atomic E-state index is 0.186. The van der Waals surface area contributed by atoms with Crippen LogP contribution in [0.15, 0.2) is 18.2 Å². The highest BCUT2D eigenvalue weighted by Gasteiger charge is 2.09. The summed E-state index contributed by atoms with van der Waals surface area (Å²) in [6.07, 6.45) is 0. The van der Waals surface area contributed by atoms with Crippen molar-refractivity contribution in [1.29, 1.82) is 0 Å². The fourth-order valence-electron chi connectivity index (χ4n) is 1.55. The molecule has 0 saturated carbocycles. The predicted molar refractivity (Wildman–Crippen MR) is 77.6 cm³/mol. The Morgan fingerprint density at radius 2 is 2.21 bits per heavy atom. The van der Waals surface area contributed by atoms with Crippen molar-refractivity contribution in [3.05, 3.63) is 28.8 Å². The largest absolute Gasteiger partial charge is 0.398 e. The van der Waals surface area contributed by atoms with Crippen molar-refractivity contribution in [1.82, 2.24) is 10.2 Å². The maximum Gasteiger partial charge on any atom is 0.253 e. The smallest absolute Gasteiger partial charge is 0.253 e. The molecule has 106 valence electrons. The van der Waals surface area contributed by atoms with E-state index in [2.05, 4.69) is 10.2 Å². The minimum atomic E-state index is -0.186. The van der Waals surface area contributed by atoms with E-state index in [1.807, 2.05) is 7.05 Å². The summed E-state index contributed by atoms with van der Waals surface area (Å²) < 4.78 is 4.98. The molecule has 0 heterocycles. The normalized spacial score (nSPS) is 10.7. The van der Waals surface area contributed by atoms with Crippen LogP contribution in [0.1, 0.15) is 10.4 Å². The standard InChI is InChI=1S/C13H20ClN3O2/c1-17(7-8-19-2)6-5-16-13(18)11-4-3-10(14)9-12(11)15/h3-4,9H,5-8,15H2,1-2H3,(H,16,18). The summed E-state index contributed by atoms with van der Waals surface area (Å²) in [7, 11) is 3.64. The van der Waals surface area contributed by atoms with E-state index >= 15 is 0 Å². The van der Waals surface area contributed by atoms with Crippen molar-refractivity contribution in [3.63, 3.8) is 0 Å². The molecule has 0 aliphatic rings. The lowest BCUT2D eigenvalue weighted by Crippen LogP contribution is -2.34. The van der Waals surface area contributed by atoms with Crippen LogP contribution in [0.25, 0.3) is 0 Å². The number of carbonyl (C=O) groups excluding carboxylic acids is 1. The molecule has 0 fully saturated rings. The van der Waals surface area contributed by atoms with Gasteiger partial charge in [0, 0.05) is 37.5 Å². The minimum Gasteiger partial charge on any atom is -0.398 e. The summed E-state index contributed by atoms with van der Waals surface area (Å²) in [5.41, 5.74) is 6.58. The van der Waals surface area contributed by atoms with Gasteiger partial charge in [0.25, 0.3) is 5.91 Å². The van der Waals surface area contributed by atoms with Crippen molar-refractivity contribution in [2.24, 2.45) is 0 Å². The van der Waals surface area contributed by atoms with E-state index in [0.29, 0.717) is 29.4 Å². The van der Waals surface area contributed by atoms with Crippen LogP contribution >= 0.6 is 11.6 Å². The Bertz CT molecular complexity index is 426. The van der Waals surface area contributed by atoms with Gasteiger partial charge >= 0.3 is 0 Å². The van der Waals surface area contributed by atoms with Crippen molar-refractivity contribution in [2.45, 2.75) is 0 Å². The van der Waals surface area contributed by atoms with Gasteiger partial charge in [-0.1, -0.05) is 11.6 Å². The third-order valence-corrected chi connectivity index (χ3v) is 2.95. The highest BCUT2D eigenvalue weighted by atomic mass is 35.5. The first-order valence-corrected chi connectivity index (χ1v) is 6.43. The number of anilines is 1. The van der Waals surface area contributed by atoms with Gasteiger partial charge in [0.2, 0.25) is 0 Å². The first-order chi connectivity index (χ1) is 9.04. The summed E-state index contributed by atoms with van der Waals surface area (Å²) in [6.45, 7) is 2.81. The van der Waals surface area contributed by atoms with E-state index < -0.39 is 0 Å². The van der Waals surface area contributed by atoms with Gasteiger partial charge in [-0.2, -0.15) is 0 Å². The first-order valence-electron chi connectivity index (χ1n) is 6.05. The molecule has 0 unspecified atom stereocenters. The Labute approximate surface area is 118 Å². The van der Waals surface area contributed by atoms with Gasteiger partial charge in [-0.25, -0.2) is 0 Å². The number of halogens is 1. The van der Waals surface area contributed by atoms with Crippen LogP contribution in [0, 0.1) is 0 Å². The molecule has 1 rings (SSSR count). The zero-order valence-electron chi connectivity index (χ0n) is 11.3. The molecular formula is C13H20ClN3O2. The second-order valence-electron chi connectivity index (χ2n) is 4.28. The molecule has 0 saturated heterocycles. The van der Waals surface area contributed by atoms with Crippen LogP contribution in [0.2, 0.25) is 5.02 Å². The van der Waals surface area contributed by atoms with Gasteiger partial charge < -0.3 is 20.7 Å². The number of rotatable bonds is 7. The lowest BCUT2D eigenvalue weighted by atomic mass is 10.1. The molecule has 1 aromatic rings. The molecule has 5 nitrogen and oxygen atoms in total. The Balaban J connectivity index is 2.39. The average molecular weight is 286 g/mol. The van der Waals surface area contributed by atoms with Gasteiger partial charge in [0.1, 0.15) is 0 Å². The summed E-state index contributed by atoms with van der Waals surface area (Å²) in [4.78, 5) is 14.0. The molecule has 6 heteroatoms. The molecule has 0 aliphatic carbocycles. The maximum atomic E-state index is 11.9. The number of amides is 1. The molecule has 19 heavy (non-hydrogen) atoms. The van der Waals surface area contributed by atoms with Crippen LogP contribution in [0.4, 0.5) is 5.69 Å². The number of benzene rings is 1. The average Bonchev–Trinajstić information content (AvgIpc) is 2.36. The van der Waals surface area contributed by atoms with E-state index in [1.165, 1.54) is 0 Å². The van der Waals surface area contributed by atoms with Gasteiger partial charge in [-0.3, -0.25) is 4.79 Å². The molecule has 0 aromatic heterocycles. The van der Waals surface area contributed by atoms with Crippen LogP contribution < -0.4 is 11.1 Å². The van der Waals surface area contributed by atoms with Gasteiger partial charge in [-0.05, 0) is 25.2 Å². The first kappa shape index (κ1) is 15.8. The zero-order chi connectivity index (χ0) is 14.3. The molecule has 0 radical (unpaired) electrons. The number of hydrogen-bond acceptors (Lipinski definition) is 4. The highest BCUT2D eigenvalue weighted by molar-refractivity contribution is 6.31. The summed E-state index contributed by atoms with van der Waals surface area (Å²) in [5, 5.41) is 3.34. The number of nitrogens with one attached hydrogen (secondary N) is 1. The molecule has 1 aromatic carbocycles. The topological polar surface area (TPSA) is 67.6 Å². The van der Waals surface area contributed by atoms with Crippen LogP contribution in [0.3, 0.4) is 0 Å². The number of carbonyl (C=O) groups is 1. The molecule has 0 spiro atoms. The second-order valence-corrected chi connectivity index (χ2v) is 4.72. The van der Waals surface area contributed by atoms with Crippen LogP contribution in [-0.4, -0.2) is 51.2 Å². The van der Waals surface area contributed by atoms with Crippen molar-refractivity contribution >= 4 is 23.2 Å². The molecule has 1 amide bonds. The lowest BCUT2D eigenvalue weighted by molar-refractivity contribution is 0.0948. The number of methoxy groups -OCH3 is 1. The fraction of sp³-hybridized carbons (Fsp3) is 0.462. The number of nitrogen functional groups attached to an aromatic ring is 1. The number of hydrogen-bond donors (Lipinski definition) is 2. The number of nitrogens with two attached hydrogens (primary N) is 1. The predicted octanol–water partition coefficient (Wildman–Crippen LogP) is 1.23. The second kappa shape index (κ2) is 7.99. The van der Waals surface area contributed by atoms with E-state index in [4.69, 9.17) is 22.1 Å². The molecule has 0 bridgehead atoms. The lowest BCUT2D eigenvalue weighted by Gasteiger charge is -2.16. The number of nitrogens with zero attached hydrogens (tertiary/aromatic N) is 1. The Kier molecular flexibility index (Phi) is 6.62.